The molecule has 2 rings (SSSR count). The number of hydrogen-bond acceptors (Lipinski definition) is 4. The van der Waals surface area contributed by atoms with Crippen LogP contribution in [0.15, 0.2) is 35.3 Å². The van der Waals surface area contributed by atoms with Crippen molar-refractivity contribution >= 4 is 5.96 Å². The van der Waals surface area contributed by atoms with Gasteiger partial charge in [-0.05, 0) is 37.2 Å². The van der Waals surface area contributed by atoms with E-state index in [0.29, 0.717) is 24.9 Å². The number of aliphatic imine (C=N–C) groups is 1. The first kappa shape index (κ1) is 21.9. The van der Waals surface area contributed by atoms with Crippen LogP contribution in [0.5, 0.6) is 0 Å². The van der Waals surface area contributed by atoms with E-state index in [9.17, 15) is 5.11 Å². The van der Waals surface area contributed by atoms with Gasteiger partial charge in [0.15, 0.2) is 11.8 Å². The molecule has 0 saturated heterocycles. The van der Waals surface area contributed by atoms with Gasteiger partial charge in [-0.25, -0.2) is 4.99 Å². The number of benzene rings is 1. The molecule has 7 heteroatoms. The van der Waals surface area contributed by atoms with E-state index in [1.165, 1.54) is 0 Å². The van der Waals surface area contributed by atoms with E-state index >= 15 is 0 Å². The first-order valence-corrected chi connectivity index (χ1v) is 10.0. The number of aliphatic hydroxyl groups excluding tert-OH is 1. The summed E-state index contributed by atoms with van der Waals surface area (Å²) >= 11 is 0. The Kier molecular flexibility index (Phi) is 8.94. The minimum absolute atomic E-state index is 0.210. The summed E-state index contributed by atoms with van der Waals surface area (Å²) in [6.45, 7) is 8.49. The molecule has 0 aliphatic rings. The van der Waals surface area contributed by atoms with Crippen LogP contribution in [0.25, 0.3) is 0 Å². The molecule has 0 spiro atoms. The lowest BCUT2D eigenvalue weighted by Gasteiger charge is -2.20. The lowest BCUT2D eigenvalue weighted by Crippen LogP contribution is -2.40. The summed E-state index contributed by atoms with van der Waals surface area (Å²) in [5.41, 5.74) is 1.16. The van der Waals surface area contributed by atoms with E-state index in [2.05, 4.69) is 46.8 Å². The zero-order valence-electron chi connectivity index (χ0n) is 17.5. The highest BCUT2D eigenvalue weighted by Gasteiger charge is 2.12. The smallest absolute Gasteiger partial charge is 0.191 e. The van der Waals surface area contributed by atoms with Crippen molar-refractivity contribution in [1.29, 1.82) is 0 Å². The molecule has 1 aromatic heterocycles. The second-order valence-corrected chi connectivity index (χ2v) is 7.62. The largest absolute Gasteiger partial charge is 0.396 e. The Morgan fingerprint density at radius 1 is 1.18 bits per heavy atom. The molecule has 2 aromatic rings. The maximum atomic E-state index is 9.36. The third kappa shape index (κ3) is 7.31. The quantitative estimate of drug-likeness (QED) is 0.431. The van der Waals surface area contributed by atoms with Gasteiger partial charge in [-0.15, -0.1) is 10.2 Å². The zero-order valence-corrected chi connectivity index (χ0v) is 17.5. The maximum Gasteiger partial charge on any atom is 0.191 e. The molecule has 7 nitrogen and oxygen atoms in total. The first-order valence-electron chi connectivity index (χ1n) is 10.0. The Bertz CT molecular complexity index is 726. The molecule has 154 valence electrons. The summed E-state index contributed by atoms with van der Waals surface area (Å²) in [7, 11) is 1.96. The van der Waals surface area contributed by atoms with Gasteiger partial charge in [0.05, 0.1) is 13.1 Å². The second kappa shape index (κ2) is 11.4. The van der Waals surface area contributed by atoms with Crippen molar-refractivity contribution in [2.24, 2.45) is 23.9 Å². The molecule has 0 amide bonds. The molecular formula is C21H34N6O. The molecule has 0 fully saturated rings. The van der Waals surface area contributed by atoms with Crippen molar-refractivity contribution in [3.8, 4) is 0 Å². The number of aryl methyl sites for hydroxylation is 1. The van der Waals surface area contributed by atoms with Crippen LogP contribution in [0.4, 0.5) is 0 Å². The molecule has 0 bridgehead atoms. The third-order valence-corrected chi connectivity index (χ3v) is 4.76. The molecule has 0 aliphatic carbocycles. The fourth-order valence-electron chi connectivity index (χ4n) is 3.09. The van der Waals surface area contributed by atoms with Crippen LogP contribution in [-0.2, 0) is 20.1 Å². The topological polar surface area (TPSA) is 87.4 Å². The fourth-order valence-corrected chi connectivity index (χ4v) is 3.09. The Hall–Kier alpha value is -2.41. The highest BCUT2D eigenvalue weighted by atomic mass is 16.3. The van der Waals surface area contributed by atoms with E-state index in [1.54, 1.807) is 0 Å². The van der Waals surface area contributed by atoms with Crippen molar-refractivity contribution in [1.82, 2.24) is 25.4 Å². The summed E-state index contributed by atoms with van der Waals surface area (Å²) in [4.78, 5) is 4.73. The normalized spacial score (nSPS) is 13.0. The van der Waals surface area contributed by atoms with Gasteiger partial charge in [-0.3, -0.25) is 0 Å². The van der Waals surface area contributed by atoms with Crippen molar-refractivity contribution < 1.29 is 5.11 Å². The predicted molar refractivity (Wildman–Crippen MR) is 113 cm³/mol. The third-order valence-electron chi connectivity index (χ3n) is 4.76. The van der Waals surface area contributed by atoms with Crippen molar-refractivity contribution in [3.05, 3.63) is 47.5 Å². The first-order chi connectivity index (χ1) is 13.5. The van der Waals surface area contributed by atoms with Crippen LogP contribution >= 0.6 is 0 Å². The van der Waals surface area contributed by atoms with Gasteiger partial charge < -0.3 is 20.3 Å². The summed E-state index contributed by atoms with van der Waals surface area (Å²) < 4.78 is 1.97. The zero-order chi connectivity index (χ0) is 20.4. The lowest BCUT2D eigenvalue weighted by molar-refractivity contribution is 0.243. The van der Waals surface area contributed by atoms with Gasteiger partial charge in [-0.1, -0.05) is 44.2 Å². The van der Waals surface area contributed by atoms with Crippen LogP contribution in [0.1, 0.15) is 43.9 Å². The van der Waals surface area contributed by atoms with Gasteiger partial charge in [-0.2, -0.15) is 0 Å². The molecule has 3 N–H and O–H groups in total. The number of hydrogen-bond donors (Lipinski definition) is 3. The van der Waals surface area contributed by atoms with Crippen LogP contribution in [-0.4, -0.2) is 39.0 Å². The summed E-state index contributed by atoms with van der Waals surface area (Å²) in [6, 6.07) is 10.2. The minimum Gasteiger partial charge on any atom is -0.396 e. The lowest BCUT2D eigenvalue weighted by atomic mass is 9.94. The van der Waals surface area contributed by atoms with Gasteiger partial charge in [0.25, 0.3) is 0 Å². The molecule has 0 saturated carbocycles. The summed E-state index contributed by atoms with van der Waals surface area (Å²) in [6.07, 6.45) is 1.86. The molecule has 0 aliphatic heterocycles. The number of aliphatic hydroxyl groups is 1. The highest BCUT2D eigenvalue weighted by molar-refractivity contribution is 5.79. The number of aromatic nitrogens is 3. The van der Waals surface area contributed by atoms with Crippen LogP contribution in [0.2, 0.25) is 0 Å². The van der Waals surface area contributed by atoms with E-state index in [-0.39, 0.29) is 6.61 Å². The Balaban J connectivity index is 2.02. The molecule has 28 heavy (non-hydrogen) atoms. The van der Waals surface area contributed by atoms with Gasteiger partial charge in [0, 0.05) is 20.2 Å². The molecular weight excluding hydrogens is 352 g/mol. The standard InChI is InChI=1S/C21H34N6O/c1-16(2)12-19(10-11-28)14-23-21(22-13-18-8-6-5-7-9-18)24-15-20-26-25-17(3)27(20)4/h5-9,16,19,28H,10-15H2,1-4H3,(H2,22,23,24). The maximum absolute atomic E-state index is 9.36. The monoisotopic (exact) mass is 386 g/mol. The molecule has 1 unspecified atom stereocenters. The average molecular weight is 387 g/mol. The van der Waals surface area contributed by atoms with Crippen LogP contribution in [0, 0.1) is 18.8 Å². The summed E-state index contributed by atoms with van der Waals surface area (Å²) in [5.74, 6) is 3.49. The SMILES string of the molecule is Cc1nnc(CNC(=NCc2ccccc2)NCC(CCO)CC(C)C)n1C. The van der Waals surface area contributed by atoms with E-state index < -0.39 is 0 Å². The average Bonchev–Trinajstić information content (AvgIpc) is 3.00. The van der Waals surface area contributed by atoms with Crippen molar-refractivity contribution in [2.45, 2.75) is 46.7 Å². The van der Waals surface area contributed by atoms with Gasteiger partial charge >= 0.3 is 0 Å². The molecule has 0 radical (unpaired) electrons. The number of nitrogens with one attached hydrogen (secondary N) is 2. The minimum atomic E-state index is 0.210. The Labute approximate surface area is 168 Å². The summed E-state index contributed by atoms with van der Waals surface area (Å²) in [5, 5.41) is 24.5. The van der Waals surface area contributed by atoms with E-state index in [0.717, 1.165) is 42.6 Å². The number of rotatable bonds is 10. The predicted octanol–water partition coefficient (Wildman–Crippen LogP) is 2.40. The molecule has 1 aromatic carbocycles. The van der Waals surface area contributed by atoms with Crippen LogP contribution in [0.3, 0.4) is 0 Å². The van der Waals surface area contributed by atoms with Crippen molar-refractivity contribution in [3.63, 3.8) is 0 Å². The fraction of sp³-hybridized carbons (Fsp3) is 0.571. The molecule has 1 heterocycles. The highest BCUT2D eigenvalue weighted by Crippen LogP contribution is 2.14. The van der Waals surface area contributed by atoms with Crippen LogP contribution < -0.4 is 10.6 Å². The van der Waals surface area contributed by atoms with Gasteiger partial charge in [0.2, 0.25) is 0 Å². The molecule has 1 atom stereocenters. The Morgan fingerprint density at radius 2 is 1.93 bits per heavy atom. The number of nitrogens with zero attached hydrogens (tertiary/aromatic N) is 4. The second-order valence-electron chi connectivity index (χ2n) is 7.62. The number of guanidine groups is 1. The van der Waals surface area contributed by atoms with Crippen molar-refractivity contribution in [2.75, 3.05) is 13.2 Å². The Morgan fingerprint density at radius 3 is 2.54 bits per heavy atom. The van der Waals surface area contributed by atoms with E-state index in [4.69, 9.17) is 4.99 Å². The van der Waals surface area contributed by atoms with E-state index in [1.807, 2.05) is 36.7 Å². The van der Waals surface area contributed by atoms with Gasteiger partial charge in [0.1, 0.15) is 5.82 Å².